The second-order valence-corrected chi connectivity index (χ2v) is 38.7. The molecule has 126 heavy (non-hydrogen) atoms. The van der Waals surface area contributed by atoms with Gasteiger partial charge in [-0.1, -0.05) is 124 Å². The minimum atomic E-state index is -3.82. The molecule has 26 nitrogen and oxygen atoms in total. The van der Waals surface area contributed by atoms with Gasteiger partial charge in [-0.15, -0.1) is 0 Å². The summed E-state index contributed by atoms with van der Waals surface area (Å²) in [5.41, 5.74) is 8.52. The summed E-state index contributed by atoms with van der Waals surface area (Å²) < 4.78 is 116. The standard InChI is InChI=1S/C24H20ClN3O4S.C23H17Cl2N3O4S.C23H21ClN2O4S.C21H23ClN2O4S/c1-15-3-10-22(21(11-15)27-2)32-23-13-17(25)4-9-20(23)16-12-24(29)28(14-16)18-5-7-19(8-6-18)33(26,30)31;1-27-20-11-15(24)3-9-21(20)32-22-12-16(25)2-8-19(22)14-10-23(29)28(13-14)17-4-6-18(7-5-17)33(26,30)31;24-18-6-11-21(22(13-18)30-15-16-4-2-1-3-5-16)17-12-23(27)26(14-17)19-7-9-20(10-8-19)31(25,28)29;22-15-5-10-19(20(12-15)28-17-3-1-2-4-17)14-11-21(25)24(13-14)16-6-8-18(9-7-16)29(23,26)27/h3-11,13,16H,12,14H2,1H3,(H2,26,30,31);2-9,11-12,14H,10,13H2,(H2,26,30,31);1-11,13,17H,12,14-15H2,(H2,25,28,29);5-10,12,14,17H,1-4,11,13H2,(H2,23,26,27)/t16-;14-;17-;14-/m0000/s1. The monoisotopic (exact) mass is 1870 g/mol. The van der Waals surface area contributed by atoms with Gasteiger partial charge in [-0.05, 0) is 225 Å². The largest absolute Gasteiger partial charge is 0.490 e. The van der Waals surface area contributed by atoms with Gasteiger partial charge in [0, 0.05) is 135 Å². The van der Waals surface area contributed by atoms with Crippen LogP contribution < -0.4 is 59.1 Å². The Morgan fingerprint density at radius 3 is 0.992 bits per heavy atom. The Labute approximate surface area is 754 Å². The predicted molar refractivity (Wildman–Crippen MR) is 485 cm³/mol. The van der Waals surface area contributed by atoms with Gasteiger partial charge >= 0.3 is 0 Å². The zero-order chi connectivity index (χ0) is 90.1. The highest BCUT2D eigenvalue weighted by molar-refractivity contribution is 7.90. The average molecular weight is 1880 g/mol. The van der Waals surface area contributed by atoms with Gasteiger partial charge < -0.3 is 38.5 Å². The Balaban J connectivity index is 0.000000144. The van der Waals surface area contributed by atoms with Gasteiger partial charge in [0.25, 0.3) is 0 Å². The van der Waals surface area contributed by atoms with Crippen molar-refractivity contribution in [1.29, 1.82) is 0 Å². The number of nitrogens with zero attached hydrogens (tertiary/aromatic N) is 6. The fourth-order valence-electron chi connectivity index (χ4n) is 15.3. The lowest BCUT2D eigenvalue weighted by atomic mass is 9.97. The van der Waals surface area contributed by atoms with E-state index in [1.165, 1.54) is 67.4 Å². The summed E-state index contributed by atoms with van der Waals surface area (Å²) in [5, 5.41) is 23.1. The van der Waals surface area contributed by atoms with E-state index in [4.69, 9.17) is 111 Å². The number of hydrogen-bond acceptors (Lipinski definition) is 16. The minimum absolute atomic E-state index is 0.00810. The fourth-order valence-corrected chi connectivity index (χ4v) is 18.2. The average Bonchev–Trinajstić information content (AvgIpc) is 1.60. The molecule has 4 atom stereocenters. The van der Waals surface area contributed by atoms with Gasteiger partial charge in [-0.2, -0.15) is 0 Å². The van der Waals surface area contributed by atoms with Gasteiger partial charge in [-0.25, -0.2) is 63.9 Å². The molecule has 11 aromatic rings. The number of sulfonamides is 4. The Bertz CT molecular complexity index is 6340. The van der Waals surface area contributed by atoms with Crippen LogP contribution in [0.2, 0.25) is 25.1 Å². The van der Waals surface area contributed by atoms with E-state index in [-0.39, 0.29) is 91.5 Å². The summed E-state index contributed by atoms with van der Waals surface area (Å²) >= 11 is 30.8. The zero-order valence-corrected chi connectivity index (χ0v) is 74.2. The van der Waals surface area contributed by atoms with E-state index in [0.29, 0.717) is 128 Å². The van der Waals surface area contributed by atoms with E-state index in [0.717, 1.165) is 52.0 Å². The number of aryl methyl sites for hydroxylation is 1. The molecular weight excluding hydrogens is 1790 g/mol. The Morgan fingerprint density at radius 1 is 0.357 bits per heavy atom. The van der Waals surface area contributed by atoms with Crippen LogP contribution in [0.3, 0.4) is 0 Å². The van der Waals surface area contributed by atoms with Crippen molar-refractivity contribution in [2.24, 2.45) is 20.6 Å². The number of carbonyl (C=O) groups excluding carboxylic acids is 4. The first kappa shape index (κ1) is 92.2. The summed E-state index contributed by atoms with van der Waals surface area (Å²) in [6.07, 6.45) is 5.78. The van der Waals surface area contributed by atoms with Crippen LogP contribution >= 0.6 is 58.0 Å². The van der Waals surface area contributed by atoms with Gasteiger partial charge in [-0.3, -0.25) is 19.2 Å². The van der Waals surface area contributed by atoms with Crippen LogP contribution in [-0.4, -0.2) is 89.6 Å². The van der Waals surface area contributed by atoms with Crippen molar-refractivity contribution in [2.45, 2.75) is 114 Å². The summed E-state index contributed by atoms with van der Waals surface area (Å²) in [4.78, 5) is 64.5. The van der Waals surface area contributed by atoms with Crippen LogP contribution in [0.4, 0.5) is 34.1 Å². The predicted octanol–water partition coefficient (Wildman–Crippen LogP) is 18.6. The number of ether oxygens (including phenoxy) is 4. The van der Waals surface area contributed by atoms with Crippen LogP contribution in [-0.2, 0) is 65.9 Å². The molecule has 5 aliphatic rings. The van der Waals surface area contributed by atoms with Crippen LogP contribution in [0.25, 0.3) is 9.69 Å². The normalized spacial score (nSPS) is 17.1. The molecule has 16 rings (SSSR count). The van der Waals surface area contributed by atoms with E-state index in [1.54, 1.807) is 135 Å². The van der Waals surface area contributed by atoms with Crippen molar-refractivity contribution in [1.82, 2.24) is 0 Å². The van der Waals surface area contributed by atoms with Crippen LogP contribution in [0, 0.1) is 20.1 Å². The number of primary sulfonamides is 4. The molecule has 4 heterocycles. The summed E-state index contributed by atoms with van der Waals surface area (Å²) in [5.74, 6) is 2.35. The molecule has 4 saturated heterocycles. The highest BCUT2D eigenvalue weighted by atomic mass is 35.5. The highest BCUT2D eigenvalue weighted by Gasteiger charge is 2.39. The Morgan fingerprint density at radius 2 is 0.651 bits per heavy atom. The Kier molecular flexibility index (Phi) is 29.0. The zero-order valence-electron chi connectivity index (χ0n) is 67.1. The number of nitrogens with two attached hydrogens (primary N) is 4. The van der Waals surface area contributed by atoms with Crippen LogP contribution in [0.1, 0.15) is 108 Å². The van der Waals surface area contributed by atoms with Crippen molar-refractivity contribution >= 4 is 156 Å². The lowest BCUT2D eigenvalue weighted by molar-refractivity contribution is -0.118. The first-order valence-corrected chi connectivity index (χ1v) is 47.3. The van der Waals surface area contributed by atoms with E-state index < -0.39 is 40.1 Å². The minimum Gasteiger partial charge on any atom is -0.490 e. The molecule has 4 amide bonds. The smallest absolute Gasteiger partial charge is 0.238 e. The first-order chi connectivity index (χ1) is 59.9. The maximum absolute atomic E-state index is 12.8. The highest BCUT2D eigenvalue weighted by Crippen LogP contribution is 2.47. The summed E-state index contributed by atoms with van der Waals surface area (Å²) in [7, 11) is -15.2. The number of benzene rings is 11. The van der Waals surface area contributed by atoms with Gasteiger partial charge in [0.05, 0.1) is 38.8 Å². The quantitative estimate of drug-likeness (QED) is 0.0486. The molecule has 0 aromatic heterocycles. The molecule has 0 unspecified atom stereocenters. The number of halogens is 5. The molecule has 5 fully saturated rings. The molecule has 35 heteroatoms. The van der Waals surface area contributed by atoms with Crippen molar-refractivity contribution in [2.75, 3.05) is 45.8 Å². The van der Waals surface area contributed by atoms with Crippen LogP contribution in [0.15, 0.2) is 256 Å². The molecule has 11 aromatic carbocycles. The fraction of sp³-hybridized carbons (Fsp3) is 0.209. The second kappa shape index (κ2) is 39.6. The molecule has 650 valence electrons. The van der Waals surface area contributed by atoms with Crippen molar-refractivity contribution in [3.05, 3.63) is 318 Å². The van der Waals surface area contributed by atoms with E-state index in [1.807, 2.05) is 73.7 Å². The third-order valence-electron chi connectivity index (χ3n) is 21.6. The van der Waals surface area contributed by atoms with Gasteiger partial charge in [0.1, 0.15) is 41.1 Å². The number of hydrogen-bond donors (Lipinski definition) is 4. The van der Waals surface area contributed by atoms with Crippen LogP contribution in [0.5, 0.6) is 34.5 Å². The Hall–Kier alpha value is -11.4. The third kappa shape index (κ3) is 23.0. The van der Waals surface area contributed by atoms with E-state index in [2.05, 4.69) is 9.69 Å². The molecule has 8 N–H and O–H groups in total. The number of carbonyl (C=O) groups is 4. The van der Waals surface area contributed by atoms with E-state index >= 15 is 0 Å². The molecule has 0 radical (unpaired) electrons. The van der Waals surface area contributed by atoms with Crippen molar-refractivity contribution in [3.63, 3.8) is 0 Å². The summed E-state index contributed by atoms with van der Waals surface area (Å²) in [6, 6.07) is 65.2. The molecule has 1 aliphatic carbocycles. The third-order valence-corrected chi connectivity index (χ3v) is 26.5. The number of anilines is 4. The lowest BCUT2D eigenvalue weighted by Crippen LogP contribution is -2.24. The molecule has 0 bridgehead atoms. The molecule has 4 aliphatic heterocycles. The first-order valence-electron chi connectivity index (χ1n) is 39.2. The number of rotatable bonds is 21. The maximum atomic E-state index is 12.8. The maximum Gasteiger partial charge on any atom is 0.238 e. The SMILES string of the molecule is NS(=O)(=O)c1ccc(N2C[C@@H](c3ccc(Cl)cc3OC3CCCC3)CC2=O)cc1.NS(=O)(=O)c1ccc(N2C[C@@H](c3ccc(Cl)cc3OCc3ccccc3)CC2=O)cc1.[C-]#[N+]c1cc(C)ccc1Oc1cc(Cl)ccc1[C@H]1CC(=O)N(c2ccc(S(N)(=O)=O)cc2)C1.[C-]#[N+]c1cc(Cl)ccc1Oc1cc(Cl)ccc1[C@H]1CC(=O)N(c2ccc(S(N)(=O)=O)cc2)C1. The molecular formula is C91H81Cl5N10O16S4. The molecule has 0 spiro atoms. The van der Waals surface area contributed by atoms with E-state index in [9.17, 15) is 52.8 Å². The topological polar surface area (TPSA) is 368 Å². The molecule has 1 saturated carbocycles. The second-order valence-electron chi connectivity index (χ2n) is 30.3. The van der Waals surface area contributed by atoms with Crippen molar-refractivity contribution < 1.29 is 71.8 Å². The summed E-state index contributed by atoms with van der Waals surface area (Å²) in [6.45, 7) is 18.8. The lowest BCUT2D eigenvalue weighted by Gasteiger charge is -2.21. The number of amides is 4. The van der Waals surface area contributed by atoms with Crippen molar-refractivity contribution in [3.8, 4) is 34.5 Å². The van der Waals surface area contributed by atoms with Gasteiger partial charge in [0.2, 0.25) is 75.1 Å². The van der Waals surface area contributed by atoms with Gasteiger partial charge in [0.15, 0.2) is 0 Å².